The number of nitrogens with one attached hydrogen (secondary N) is 1. The molecule has 1 aliphatic heterocycles. The van der Waals surface area contributed by atoms with Crippen LogP contribution in [0, 0.1) is 0 Å². The van der Waals surface area contributed by atoms with E-state index >= 15 is 0 Å². The number of fused-ring (bicyclic) bond motifs is 1. The van der Waals surface area contributed by atoms with E-state index in [0.29, 0.717) is 23.7 Å². The lowest BCUT2D eigenvalue weighted by Gasteiger charge is -2.29. The molecular formula is C23H27N3O5. The minimum absolute atomic E-state index is 0.127. The van der Waals surface area contributed by atoms with Crippen LogP contribution in [0.1, 0.15) is 20.3 Å². The lowest BCUT2D eigenvalue weighted by Crippen LogP contribution is -2.46. The van der Waals surface area contributed by atoms with E-state index in [4.69, 9.17) is 9.47 Å². The first kappa shape index (κ1) is 22.1. The summed E-state index contributed by atoms with van der Waals surface area (Å²) in [4.78, 5) is 40.5. The third-order valence-electron chi connectivity index (χ3n) is 4.92. The van der Waals surface area contributed by atoms with Crippen LogP contribution in [0.4, 0.5) is 11.4 Å². The van der Waals surface area contributed by atoms with Crippen LogP contribution in [-0.4, -0.2) is 55.5 Å². The van der Waals surface area contributed by atoms with Crippen LogP contribution < -0.4 is 19.7 Å². The van der Waals surface area contributed by atoms with Gasteiger partial charge in [0.1, 0.15) is 11.5 Å². The summed E-state index contributed by atoms with van der Waals surface area (Å²) in [6, 6.07) is 13.8. The lowest BCUT2D eigenvalue weighted by molar-refractivity contribution is -0.135. The zero-order chi connectivity index (χ0) is 22.4. The molecule has 31 heavy (non-hydrogen) atoms. The van der Waals surface area contributed by atoms with E-state index in [-0.39, 0.29) is 43.3 Å². The monoisotopic (exact) mass is 425 g/mol. The maximum atomic E-state index is 13.1. The van der Waals surface area contributed by atoms with E-state index in [1.165, 1.54) is 4.90 Å². The van der Waals surface area contributed by atoms with Crippen molar-refractivity contribution in [2.24, 2.45) is 0 Å². The molecule has 0 spiro atoms. The first-order chi connectivity index (χ1) is 14.9. The Bertz CT molecular complexity index is 944. The SMILES string of the molecule is CCOc1ccc(OCC(=O)N(C)CC(=O)N2c3ccccc3NC(=O)CC2C)cc1. The lowest BCUT2D eigenvalue weighted by atomic mass is 10.1. The van der Waals surface area contributed by atoms with Gasteiger partial charge in [0.05, 0.1) is 24.5 Å². The highest BCUT2D eigenvalue weighted by Crippen LogP contribution is 2.31. The number of rotatable bonds is 7. The van der Waals surface area contributed by atoms with E-state index in [0.717, 1.165) is 5.75 Å². The average molecular weight is 425 g/mol. The molecule has 164 valence electrons. The van der Waals surface area contributed by atoms with Gasteiger partial charge in [0.2, 0.25) is 11.8 Å². The second-order valence-electron chi connectivity index (χ2n) is 7.33. The molecule has 0 saturated heterocycles. The number of hydrogen-bond acceptors (Lipinski definition) is 5. The van der Waals surface area contributed by atoms with Gasteiger partial charge in [-0.05, 0) is 50.2 Å². The molecule has 0 saturated carbocycles. The largest absolute Gasteiger partial charge is 0.494 e. The number of ether oxygens (including phenoxy) is 2. The van der Waals surface area contributed by atoms with Gasteiger partial charge >= 0.3 is 0 Å². The molecule has 0 bridgehead atoms. The van der Waals surface area contributed by atoms with Crippen LogP contribution in [0.5, 0.6) is 11.5 Å². The van der Waals surface area contributed by atoms with E-state index in [1.54, 1.807) is 54.4 Å². The summed E-state index contributed by atoms with van der Waals surface area (Å²) in [6.07, 6.45) is 0.179. The van der Waals surface area contributed by atoms with Gasteiger partial charge in [0.15, 0.2) is 6.61 Å². The fraction of sp³-hybridized carbons (Fsp3) is 0.348. The molecule has 1 atom stereocenters. The molecule has 3 amide bonds. The fourth-order valence-electron chi connectivity index (χ4n) is 3.39. The van der Waals surface area contributed by atoms with Crippen LogP contribution in [0.3, 0.4) is 0 Å². The second kappa shape index (κ2) is 9.97. The van der Waals surface area contributed by atoms with Crippen molar-refractivity contribution in [3.05, 3.63) is 48.5 Å². The Morgan fingerprint density at radius 2 is 1.74 bits per heavy atom. The number of amides is 3. The Hall–Kier alpha value is -3.55. The van der Waals surface area contributed by atoms with Gasteiger partial charge in [0, 0.05) is 19.5 Å². The van der Waals surface area contributed by atoms with Crippen molar-refractivity contribution in [3.8, 4) is 11.5 Å². The summed E-state index contributed by atoms with van der Waals surface area (Å²) < 4.78 is 10.9. The molecule has 1 heterocycles. The smallest absolute Gasteiger partial charge is 0.260 e. The highest BCUT2D eigenvalue weighted by atomic mass is 16.5. The maximum Gasteiger partial charge on any atom is 0.260 e. The number of nitrogens with zero attached hydrogens (tertiary/aromatic N) is 2. The highest BCUT2D eigenvalue weighted by Gasteiger charge is 2.30. The molecule has 3 rings (SSSR count). The number of hydrogen-bond donors (Lipinski definition) is 1. The number of carbonyl (C=O) groups excluding carboxylic acids is 3. The van der Waals surface area contributed by atoms with Gasteiger partial charge in [-0.1, -0.05) is 12.1 Å². The molecular weight excluding hydrogens is 398 g/mol. The minimum Gasteiger partial charge on any atom is -0.494 e. The van der Waals surface area contributed by atoms with Crippen molar-refractivity contribution < 1.29 is 23.9 Å². The molecule has 0 aliphatic carbocycles. The van der Waals surface area contributed by atoms with Crippen LogP contribution in [0.25, 0.3) is 0 Å². The van der Waals surface area contributed by atoms with Crippen molar-refractivity contribution >= 4 is 29.1 Å². The predicted molar refractivity (Wildman–Crippen MR) is 117 cm³/mol. The van der Waals surface area contributed by atoms with Crippen LogP contribution in [0.15, 0.2) is 48.5 Å². The number of anilines is 2. The summed E-state index contributed by atoms with van der Waals surface area (Å²) in [6.45, 7) is 3.97. The topological polar surface area (TPSA) is 88.2 Å². The summed E-state index contributed by atoms with van der Waals surface area (Å²) in [5.74, 6) is 0.517. The Kier molecular flexibility index (Phi) is 7.12. The van der Waals surface area contributed by atoms with Gasteiger partial charge < -0.3 is 24.6 Å². The molecule has 2 aromatic carbocycles. The average Bonchev–Trinajstić information content (AvgIpc) is 2.87. The summed E-state index contributed by atoms with van der Waals surface area (Å²) in [5, 5.41) is 2.82. The predicted octanol–water partition coefficient (Wildman–Crippen LogP) is 2.69. The molecule has 2 aromatic rings. The van der Waals surface area contributed by atoms with Crippen molar-refractivity contribution in [2.75, 3.05) is 37.0 Å². The molecule has 0 fully saturated rings. The zero-order valence-electron chi connectivity index (χ0n) is 18.0. The highest BCUT2D eigenvalue weighted by molar-refractivity contribution is 6.05. The van der Waals surface area contributed by atoms with Gasteiger partial charge in [0.25, 0.3) is 5.91 Å². The molecule has 0 radical (unpaired) electrons. The summed E-state index contributed by atoms with van der Waals surface area (Å²) in [5.41, 5.74) is 1.20. The van der Waals surface area contributed by atoms with Crippen LogP contribution in [-0.2, 0) is 14.4 Å². The van der Waals surface area contributed by atoms with E-state index in [9.17, 15) is 14.4 Å². The molecule has 8 nitrogen and oxygen atoms in total. The van der Waals surface area contributed by atoms with Gasteiger partial charge in [-0.15, -0.1) is 0 Å². The number of para-hydroxylation sites is 2. The molecule has 1 aliphatic rings. The Morgan fingerprint density at radius 1 is 1.10 bits per heavy atom. The van der Waals surface area contributed by atoms with E-state index < -0.39 is 0 Å². The Balaban J connectivity index is 1.61. The Labute approximate surface area is 181 Å². The quantitative estimate of drug-likeness (QED) is 0.737. The van der Waals surface area contributed by atoms with E-state index in [2.05, 4.69) is 5.32 Å². The Morgan fingerprint density at radius 3 is 2.42 bits per heavy atom. The maximum absolute atomic E-state index is 13.1. The second-order valence-corrected chi connectivity index (χ2v) is 7.33. The van der Waals surface area contributed by atoms with Crippen molar-refractivity contribution in [3.63, 3.8) is 0 Å². The molecule has 1 unspecified atom stereocenters. The van der Waals surface area contributed by atoms with Crippen molar-refractivity contribution in [1.82, 2.24) is 4.90 Å². The number of likely N-dealkylation sites (N-methyl/N-ethyl adjacent to an activating group) is 1. The van der Waals surface area contributed by atoms with Crippen LogP contribution >= 0.6 is 0 Å². The van der Waals surface area contributed by atoms with E-state index in [1.807, 2.05) is 19.9 Å². The third-order valence-corrected chi connectivity index (χ3v) is 4.92. The summed E-state index contributed by atoms with van der Waals surface area (Å²) in [7, 11) is 1.56. The fourth-order valence-corrected chi connectivity index (χ4v) is 3.39. The minimum atomic E-state index is -0.334. The molecule has 1 N–H and O–H groups in total. The number of benzene rings is 2. The molecule has 0 aromatic heterocycles. The standard InChI is InChI=1S/C23H27N3O5/c1-4-30-17-9-11-18(12-10-17)31-15-23(29)25(3)14-22(28)26-16(2)13-21(27)24-19-7-5-6-8-20(19)26/h5-12,16H,4,13-15H2,1-3H3,(H,24,27). The van der Waals surface area contributed by atoms with Crippen LogP contribution in [0.2, 0.25) is 0 Å². The van der Waals surface area contributed by atoms with Gasteiger partial charge in [-0.2, -0.15) is 0 Å². The number of carbonyl (C=O) groups is 3. The third kappa shape index (κ3) is 5.53. The first-order valence-corrected chi connectivity index (χ1v) is 10.2. The van der Waals surface area contributed by atoms with Gasteiger partial charge in [-0.3, -0.25) is 14.4 Å². The van der Waals surface area contributed by atoms with Crippen molar-refractivity contribution in [1.29, 1.82) is 0 Å². The van der Waals surface area contributed by atoms with Gasteiger partial charge in [-0.25, -0.2) is 0 Å². The first-order valence-electron chi connectivity index (χ1n) is 10.2. The molecule has 8 heteroatoms. The zero-order valence-corrected chi connectivity index (χ0v) is 18.0. The summed E-state index contributed by atoms with van der Waals surface area (Å²) >= 11 is 0. The normalized spacial score (nSPS) is 15.4. The van der Waals surface area contributed by atoms with Crippen molar-refractivity contribution in [2.45, 2.75) is 26.3 Å².